The minimum Gasteiger partial charge on any atom is -0.481 e. The van der Waals surface area contributed by atoms with Crippen molar-refractivity contribution in [2.75, 3.05) is 12.3 Å². The molecule has 6 nitrogen and oxygen atoms in total. The number of hydrogen-bond donors (Lipinski definition) is 1. The van der Waals surface area contributed by atoms with E-state index in [0.29, 0.717) is 23.9 Å². The van der Waals surface area contributed by atoms with E-state index in [2.05, 4.69) is 4.98 Å². The summed E-state index contributed by atoms with van der Waals surface area (Å²) in [6.45, 7) is 0.652. The van der Waals surface area contributed by atoms with E-state index in [1.165, 1.54) is 11.8 Å². The predicted molar refractivity (Wildman–Crippen MR) is 95.1 cm³/mol. The summed E-state index contributed by atoms with van der Waals surface area (Å²) in [5, 5.41) is 8.93. The number of carbonyl (C=O) groups is 2. The molecule has 0 radical (unpaired) electrons. The highest BCUT2D eigenvalue weighted by molar-refractivity contribution is 7.99. The summed E-state index contributed by atoms with van der Waals surface area (Å²) >= 11 is 1.47. The summed E-state index contributed by atoms with van der Waals surface area (Å²) in [6.07, 6.45) is 3.29. The Morgan fingerprint density at radius 1 is 1.32 bits per heavy atom. The van der Waals surface area contributed by atoms with Crippen LogP contribution in [0.1, 0.15) is 25.0 Å². The summed E-state index contributed by atoms with van der Waals surface area (Å²) in [6, 6.07) is 9.49. The van der Waals surface area contributed by atoms with Crippen molar-refractivity contribution in [2.24, 2.45) is 0 Å². The monoisotopic (exact) mass is 360 g/mol. The molecule has 0 aliphatic carbocycles. The van der Waals surface area contributed by atoms with Gasteiger partial charge in [-0.1, -0.05) is 18.2 Å². The van der Waals surface area contributed by atoms with Crippen LogP contribution in [0, 0.1) is 0 Å². The van der Waals surface area contributed by atoms with Crippen LogP contribution in [-0.4, -0.2) is 45.2 Å². The van der Waals surface area contributed by atoms with Crippen LogP contribution >= 0.6 is 11.8 Å². The van der Waals surface area contributed by atoms with Crippen LogP contribution in [0.5, 0.6) is 0 Å². The van der Waals surface area contributed by atoms with Crippen molar-refractivity contribution in [1.29, 1.82) is 0 Å². The van der Waals surface area contributed by atoms with Gasteiger partial charge in [0.05, 0.1) is 17.9 Å². The van der Waals surface area contributed by atoms with Crippen molar-refractivity contribution in [2.45, 2.75) is 31.1 Å². The number of thioether (sulfide) groups is 1. The predicted octanol–water partition coefficient (Wildman–Crippen LogP) is 3.04. The molecule has 1 aliphatic heterocycles. The summed E-state index contributed by atoms with van der Waals surface area (Å²) in [5.41, 5.74) is 1.71. The lowest BCUT2D eigenvalue weighted by molar-refractivity contribution is -0.139. The number of amides is 1. The van der Waals surface area contributed by atoms with Gasteiger partial charge < -0.3 is 14.4 Å². The van der Waals surface area contributed by atoms with E-state index in [9.17, 15) is 9.59 Å². The zero-order valence-electron chi connectivity index (χ0n) is 13.8. The van der Waals surface area contributed by atoms with Crippen LogP contribution in [0.3, 0.4) is 0 Å². The Morgan fingerprint density at radius 3 is 2.88 bits per heavy atom. The molecule has 1 aliphatic rings. The molecule has 1 saturated heterocycles. The molecule has 132 valence electrons. The molecule has 1 aromatic carbocycles. The normalized spacial score (nSPS) is 17.0. The minimum atomic E-state index is -0.853. The van der Waals surface area contributed by atoms with E-state index < -0.39 is 5.97 Å². The molecule has 1 unspecified atom stereocenters. The largest absolute Gasteiger partial charge is 0.481 e. The van der Waals surface area contributed by atoms with Crippen LogP contribution in [0.4, 0.5) is 0 Å². The highest BCUT2D eigenvalue weighted by Gasteiger charge is 2.30. The number of aromatic nitrogens is 1. The van der Waals surface area contributed by atoms with Gasteiger partial charge in [-0.2, -0.15) is 0 Å². The molecule has 0 spiro atoms. The van der Waals surface area contributed by atoms with Crippen LogP contribution in [0.15, 0.2) is 41.0 Å². The molecule has 2 aromatic rings. The molecule has 3 rings (SSSR count). The molecular formula is C18H20N2O4S. The van der Waals surface area contributed by atoms with Crippen LogP contribution in [0.2, 0.25) is 0 Å². The van der Waals surface area contributed by atoms with Gasteiger partial charge in [0.1, 0.15) is 6.26 Å². The number of carboxylic acid groups (broad SMARTS) is 1. The first-order valence-electron chi connectivity index (χ1n) is 8.22. The number of rotatable bonds is 7. The van der Waals surface area contributed by atoms with Crippen LogP contribution in [0.25, 0.3) is 11.5 Å². The Kier molecular flexibility index (Phi) is 5.75. The SMILES string of the molecule is O=C(O)CC1CCCN1C(=O)CSCc1coc(-c2ccccc2)n1. The average molecular weight is 360 g/mol. The fourth-order valence-electron chi connectivity index (χ4n) is 2.99. The smallest absolute Gasteiger partial charge is 0.305 e. The van der Waals surface area contributed by atoms with E-state index in [-0.39, 0.29) is 18.4 Å². The molecule has 1 N–H and O–H groups in total. The number of carbonyl (C=O) groups excluding carboxylic acids is 1. The lowest BCUT2D eigenvalue weighted by Gasteiger charge is -2.23. The molecular weight excluding hydrogens is 340 g/mol. The van der Waals surface area contributed by atoms with Crippen LogP contribution in [-0.2, 0) is 15.3 Å². The van der Waals surface area contributed by atoms with Gasteiger partial charge in [-0.25, -0.2) is 4.98 Å². The van der Waals surface area contributed by atoms with Gasteiger partial charge in [0.2, 0.25) is 11.8 Å². The van der Waals surface area contributed by atoms with Gasteiger partial charge in [-0.05, 0) is 25.0 Å². The molecule has 25 heavy (non-hydrogen) atoms. The van der Waals surface area contributed by atoms with E-state index in [0.717, 1.165) is 24.1 Å². The lowest BCUT2D eigenvalue weighted by atomic mass is 10.1. The Bertz CT molecular complexity index is 732. The molecule has 1 fully saturated rings. The first kappa shape index (κ1) is 17.5. The first-order chi connectivity index (χ1) is 12.1. The van der Waals surface area contributed by atoms with Crippen molar-refractivity contribution < 1.29 is 19.1 Å². The maximum atomic E-state index is 12.3. The summed E-state index contributed by atoms with van der Waals surface area (Å²) in [7, 11) is 0. The van der Waals surface area contributed by atoms with Crippen molar-refractivity contribution in [3.05, 3.63) is 42.3 Å². The molecule has 2 heterocycles. The second-order valence-corrected chi connectivity index (χ2v) is 6.97. The fraction of sp³-hybridized carbons (Fsp3) is 0.389. The number of oxazole rings is 1. The van der Waals surface area contributed by atoms with Gasteiger partial charge in [0, 0.05) is 23.9 Å². The van der Waals surface area contributed by atoms with Crippen molar-refractivity contribution in [3.8, 4) is 11.5 Å². The van der Waals surface area contributed by atoms with Gasteiger partial charge in [-0.3, -0.25) is 9.59 Å². The Balaban J connectivity index is 1.49. The molecule has 1 amide bonds. The molecule has 0 saturated carbocycles. The van der Waals surface area contributed by atoms with E-state index in [1.807, 2.05) is 30.3 Å². The number of nitrogens with zero attached hydrogens (tertiary/aromatic N) is 2. The third-order valence-corrected chi connectivity index (χ3v) is 5.11. The van der Waals surface area contributed by atoms with Gasteiger partial charge in [-0.15, -0.1) is 11.8 Å². The van der Waals surface area contributed by atoms with Crippen molar-refractivity contribution in [1.82, 2.24) is 9.88 Å². The Hall–Kier alpha value is -2.28. The standard InChI is InChI=1S/C18H20N2O4S/c21-16(20-8-4-7-15(20)9-17(22)23)12-25-11-14-10-24-18(19-14)13-5-2-1-3-6-13/h1-3,5-6,10,15H,4,7-9,11-12H2,(H,22,23). The third-order valence-electron chi connectivity index (χ3n) is 4.16. The summed E-state index contributed by atoms with van der Waals surface area (Å²) in [4.78, 5) is 29.3. The number of carboxylic acids is 1. The lowest BCUT2D eigenvalue weighted by Crippen LogP contribution is -2.37. The quantitative estimate of drug-likeness (QED) is 0.817. The first-order valence-corrected chi connectivity index (χ1v) is 9.38. The van der Waals surface area contributed by atoms with E-state index >= 15 is 0 Å². The maximum absolute atomic E-state index is 12.3. The van der Waals surface area contributed by atoms with Crippen LogP contribution < -0.4 is 0 Å². The molecule has 1 atom stereocenters. The summed E-state index contributed by atoms with van der Waals surface area (Å²) in [5.74, 6) is 0.626. The second-order valence-electron chi connectivity index (χ2n) is 5.98. The topological polar surface area (TPSA) is 83.6 Å². The summed E-state index contributed by atoms with van der Waals surface area (Å²) < 4.78 is 5.48. The third kappa shape index (κ3) is 4.63. The zero-order valence-corrected chi connectivity index (χ0v) is 14.6. The Labute approximate surface area is 150 Å². The van der Waals surface area contributed by atoms with E-state index in [1.54, 1.807) is 11.2 Å². The average Bonchev–Trinajstić information content (AvgIpc) is 3.24. The van der Waals surface area contributed by atoms with Gasteiger partial charge in [0.25, 0.3) is 0 Å². The molecule has 7 heteroatoms. The van der Waals surface area contributed by atoms with Gasteiger partial charge in [0.15, 0.2) is 0 Å². The van der Waals surface area contributed by atoms with Gasteiger partial charge >= 0.3 is 5.97 Å². The number of likely N-dealkylation sites (tertiary alicyclic amines) is 1. The zero-order chi connectivity index (χ0) is 17.6. The maximum Gasteiger partial charge on any atom is 0.305 e. The Morgan fingerprint density at radius 2 is 2.12 bits per heavy atom. The van der Waals surface area contributed by atoms with E-state index in [4.69, 9.17) is 9.52 Å². The number of benzene rings is 1. The molecule has 0 bridgehead atoms. The number of hydrogen-bond acceptors (Lipinski definition) is 5. The minimum absolute atomic E-state index is 0.000489. The highest BCUT2D eigenvalue weighted by atomic mass is 32.2. The fourth-order valence-corrected chi connectivity index (χ4v) is 3.77. The second kappa shape index (κ2) is 8.20. The van der Waals surface area contributed by atoms with Crippen molar-refractivity contribution in [3.63, 3.8) is 0 Å². The van der Waals surface area contributed by atoms with Crippen molar-refractivity contribution >= 4 is 23.6 Å². The number of aliphatic carboxylic acids is 1. The highest BCUT2D eigenvalue weighted by Crippen LogP contribution is 2.23. The molecule has 1 aromatic heterocycles.